The van der Waals surface area contributed by atoms with Gasteiger partial charge >= 0.3 is 0 Å². The van der Waals surface area contributed by atoms with Crippen molar-refractivity contribution in [3.05, 3.63) is 398 Å². The fraction of sp³-hybridized carbons (Fsp3) is 0.0400. The summed E-state index contributed by atoms with van der Waals surface area (Å²) < 4.78 is 0. The van der Waals surface area contributed by atoms with Gasteiger partial charge in [0.2, 0.25) is 0 Å². The quantitative estimate of drug-likeness (QED) is 0.107. The fourth-order valence-corrected chi connectivity index (χ4v) is 25.3. The van der Waals surface area contributed by atoms with Gasteiger partial charge in [-0.1, -0.05) is 194 Å². The van der Waals surface area contributed by atoms with E-state index in [1.165, 1.54) is 20.7 Å². The van der Waals surface area contributed by atoms with Crippen LogP contribution in [0.15, 0.2) is 331 Å². The molecule has 0 saturated heterocycles. The van der Waals surface area contributed by atoms with E-state index in [1.54, 1.807) is 0 Å². The van der Waals surface area contributed by atoms with Crippen LogP contribution in [0, 0.1) is 69.4 Å². The average Bonchev–Trinajstić information content (AvgIpc) is 1.55. The van der Waals surface area contributed by atoms with Crippen LogP contribution in [0.2, 0.25) is 0 Å². The highest BCUT2D eigenvalue weighted by atomic mass is 28.3. The molecule has 8 nitrogen and oxygen atoms in total. The number of para-hydroxylation sites is 4. The number of hydrogen-bond donors (Lipinski definition) is 0. The van der Waals surface area contributed by atoms with Crippen molar-refractivity contribution in [1.82, 2.24) is 0 Å². The van der Waals surface area contributed by atoms with Crippen LogP contribution < -0.4 is 63.6 Å². The van der Waals surface area contributed by atoms with Crippen LogP contribution in [0.1, 0.15) is 22.3 Å². The maximum absolute atomic E-state index is 5.61. The normalized spacial score (nSPS) is 13.2. The molecule has 0 saturated carbocycles. The molecule has 0 atom stereocenters. The Morgan fingerprint density at radius 3 is 0.633 bits per heavy atom. The predicted molar refractivity (Wildman–Crippen MR) is 435 cm³/mol. The highest BCUT2D eigenvalue weighted by Crippen LogP contribution is 2.53. The molecule has 24 rings (SSSR count). The van der Waals surface area contributed by atoms with Crippen LogP contribution in [0.25, 0.3) is 89.0 Å². The first-order chi connectivity index (χ1) is 53.7. The Morgan fingerprint density at radius 1 is 0.165 bits per heavy atom. The van der Waals surface area contributed by atoms with Gasteiger partial charge in [0, 0.05) is 86.3 Å². The van der Waals surface area contributed by atoms with Gasteiger partial charge in [0.1, 0.15) is 0 Å². The maximum atomic E-state index is 5.61. The molecule has 0 aromatic heterocycles. The summed E-state index contributed by atoms with van der Waals surface area (Å²) in [4.78, 5) is 44.7. The van der Waals surface area contributed by atoms with Gasteiger partial charge in [0.25, 0.3) is 0 Å². The van der Waals surface area contributed by atoms with Crippen molar-refractivity contribution in [2.24, 2.45) is 39.9 Å². The summed E-state index contributed by atoms with van der Waals surface area (Å²) in [6, 6.07) is 108. The summed E-state index contributed by atoms with van der Waals surface area (Å²) in [5, 5.41) is 21.4. The van der Waals surface area contributed by atoms with Crippen LogP contribution in [0.3, 0.4) is 0 Å². The molecule has 0 amide bonds. The minimum Gasteiger partial charge on any atom is -0.248 e. The molecule has 16 aromatic rings. The lowest BCUT2D eigenvalue weighted by atomic mass is 9.89. The Balaban J connectivity index is 0.886. The molecule has 0 unspecified atom stereocenters. The Hall–Kier alpha value is -13.9. The Morgan fingerprint density at radius 2 is 0.385 bits per heavy atom. The van der Waals surface area contributed by atoms with Gasteiger partial charge in [0.05, 0.1) is 88.4 Å². The van der Waals surface area contributed by atoms with Crippen molar-refractivity contribution < 1.29 is 0 Å². The predicted octanol–water partition coefficient (Wildman–Crippen LogP) is 16.9. The number of benzene rings is 16. The van der Waals surface area contributed by atoms with Crippen LogP contribution in [-0.4, -0.2) is 8.07 Å². The van der Waals surface area contributed by atoms with Crippen molar-refractivity contribution in [2.45, 2.75) is 27.7 Å². The smallest absolute Gasteiger partial charge is 0.182 e. The van der Waals surface area contributed by atoms with Crippen molar-refractivity contribution in [3.8, 4) is 89.0 Å². The summed E-state index contributed by atoms with van der Waals surface area (Å²) in [7, 11) is -4.30. The third-order valence-electron chi connectivity index (χ3n) is 24.3. The molecule has 0 aliphatic carbocycles. The lowest BCUT2D eigenvalue weighted by molar-refractivity contribution is 1.36. The van der Waals surface area contributed by atoms with E-state index >= 15 is 0 Å². The maximum Gasteiger partial charge on any atom is 0.182 e. The van der Waals surface area contributed by atoms with E-state index in [0.29, 0.717) is 0 Å². The number of nitrogens with zero attached hydrogens (tertiary/aromatic N) is 8. The van der Waals surface area contributed by atoms with E-state index < -0.39 is 8.07 Å². The highest BCUT2D eigenvalue weighted by Gasteiger charge is 2.50. The minimum atomic E-state index is -4.30. The van der Waals surface area contributed by atoms with E-state index in [1.807, 2.05) is 0 Å². The molecule has 16 aromatic carbocycles. The Bertz CT molecular complexity index is 7170. The van der Waals surface area contributed by atoms with Crippen LogP contribution in [0.4, 0.5) is 45.5 Å². The molecule has 0 fully saturated rings. The first kappa shape index (κ1) is 60.4. The highest BCUT2D eigenvalue weighted by molar-refractivity contribution is 7.22. The summed E-state index contributed by atoms with van der Waals surface area (Å²) >= 11 is 0. The minimum absolute atomic E-state index is 0.917. The molecular formula is C100H60N8Si. The van der Waals surface area contributed by atoms with E-state index in [-0.39, 0.29) is 0 Å². The summed E-state index contributed by atoms with van der Waals surface area (Å²) in [6.45, 7) is 9.21. The fourth-order valence-electron chi connectivity index (χ4n) is 19.8. The largest absolute Gasteiger partial charge is 0.248 e. The van der Waals surface area contributed by atoms with Crippen LogP contribution >= 0.6 is 0 Å². The van der Waals surface area contributed by atoms with Crippen molar-refractivity contribution in [1.29, 1.82) is 0 Å². The second kappa shape index (κ2) is 22.1. The standard InChI is InChI=1S/C100H60N8Si/c1-53-37-45-73-89(93-77(101-73)49-41-61-57-21-5-13-29-69(57)105-97(61)93)85(53)65-25-9-17-33-81(65)109(82-34-18-10-26-66(82)86-54(2)38-46-74-90(86)94-78(102-74)50-42-62-58-22-6-14-30-70(58)106-98(62)94,83-35-19-11-27-67(83)87-55(3)39-47-75-91(87)95-79(103-75)51-43-63-59-23-7-15-31-71(59)107-99(63)95)84-36-20-12-28-68(84)88-56(4)40-48-76-92(88)96-80(104-76)52-44-64-60-24-8-16-32-72(60)108-100(64)96/h5-52H,1-4H3. The van der Waals surface area contributed by atoms with Crippen molar-refractivity contribution in [2.75, 3.05) is 0 Å². The van der Waals surface area contributed by atoms with E-state index in [0.717, 1.165) is 241 Å². The zero-order valence-corrected chi connectivity index (χ0v) is 60.8. The van der Waals surface area contributed by atoms with Crippen molar-refractivity contribution >= 4 is 74.3 Å². The lowest BCUT2D eigenvalue weighted by Crippen LogP contribution is -2.76. The zero-order chi connectivity index (χ0) is 71.8. The second-order valence-electron chi connectivity index (χ2n) is 29.9. The first-order valence-electron chi connectivity index (χ1n) is 37.5. The van der Waals surface area contributed by atoms with E-state index in [2.05, 4.69) is 319 Å². The molecule has 109 heavy (non-hydrogen) atoms. The molecule has 0 radical (unpaired) electrons. The Kier molecular flexibility index (Phi) is 12.3. The monoisotopic (exact) mass is 1400 g/mol. The third-order valence-corrected chi connectivity index (χ3v) is 29.2. The molecule has 8 heterocycles. The molecule has 8 aliphatic heterocycles. The number of aryl methyl sites for hydroxylation is 4. The number of fused-ring (bicyclic) bond motifs is 24. The average molecular weight is 1400 g/mol. The molecular weight excluding hydrogens is 1340 g/mol. The van der Waals surface area contributed by atoms with Gasteiger partial charge in [0.15, 0.2) is 8.07 Å². The third kappa shape index (κ3) is 8.10. The topological polar surface area (TPSA) is 98.9 Å². The van der Waals surface area contributed by atoms with Gasteiger partial charge in [-0.3, -0.25) is 0 Å². The summed E-state index contributed by atoms with van der Waals surface area (Å²) in [5.41, 5.74) is 29.6. The second-order valence-corrected chi connectivity index (χ2v) is 33.6. The molecule has 9 heteroatoms. The summed E-state index contributed by atoms with van der Waals surface area (Å²) in [5.74, 6) is 0. The number of rotatable bonds is 8. The van der Waals surface area contributed by atoms with Gasteiger partial charge in [-0.15, -0.1) is 0 Å². The van der Waals surface area contributed by atoms with Crippen LogP contribution in [0.5, 0.6) is 0 Å². The summed E-state index contributed by atoms with van der Waals surface area (Å²) in [6.07, 6.45) is 0. The molecule has 0 N–H and O–H groups in total. The van der Waals surface area contributed by atoms with Gasteiger partial charge in [-0.05, 0) is 212 Å². The van der Waals surface area contributed by atoms with Gasteiger partial charge < -0.3 is 0 Å². The first-order valence-corrected chi connectivity index (χ1v) is 39.5. The molecule has 0 spiro atoms. The molecule has 8 aliphatic rings. The van der Waals surface area contributed by atoms with E-state index in [9.17, 15) is 0 Å². The van der Waals surface area contributed by atoms with E-state index in [4.69, 9.17) is 39.9 Å². The van der Waals surface area contributed by atoms with Gasteiger partial charge in [-0.25, -0.2) is 39.9 Å². The SMILES string of the molecule is Cc1ccc2c(c1-c1ccccc1[Si](c1ccccc1-c1c(C)ccc3c1-c1c4c(ccc1=N3)=c1ccccc1=N4)(c1ccccc1-c1c(C)ccc3c1-c1c4c(ccc1=N3)=c1ccccc1=N4)c1ccccc1-c1c(C)ccc3c1-c1c4c(ccc1=N3)=c1ccccc1=N4)-c1c3c(ccc1=N2)=c1ccccc1=N3. The zero-order valence-electron chi connectivity index (χ0n) is 59.8. The van der Waals surface area contributed by atoms with Gasteiger partial charge in [-0.2, -0.15) is 0 Å². The lowest BCUT2D eigenvalue weighted by Gasteiger charge is -2.41. The Labute approximate surface area is 624 Å². The van der Waals surface area contributed by atoms with Crippen molar-refractivity contribution in [3.63, 3.8) is 0 Å². The number of hydrogen-bond acceptors (Lipinski definition) is 8. The molecule has 0 bridgehead atoms. The molecule has 504 valence electrons. The van der Waals surface area contributed by atoms with Crippen LogP contribution in [-0.2, 0) is 0 Å².